The van der Waals surface area contributed by atoms with Gasteiger partial charge in [0, 0.05) is 13.3 Å². The molecule has 0 unspecified atom stereocenters. The molecule has 0 aliphatic carbocycles. The van der Waals surface area contributed by atoms with Crippen molar-refractivity contribution in [2.45, 2.75) is 52.2 Å². The van der Waals surface area contributed by atoms with Crippen LogP contribution < -0.4 is 0 Å². The van der Waals surface area contributed by atoms with E-state index >= 15 is 0 Å². The molecule has 0 aromatic carbocycles. The molecule has 4 heteroatoms. The Labute approximate surface area is 100.0 Å². The number of rotatable bonds is 8. The standard InChI is InChI=1S/C12H24O3Si/c1-5-16(6-2,7-3)15-11-9-8-10-14-12(4)13/h9,11H,5-8,10H2,1-4H3/b11-9+. The average Bonchev–Trinajstić information content (AvgIpc) is 2.29. The molecule has 16 heavy (non-hydrogen) atoms. The van der Waals surface area contributed by atoms with Gasteiger partial charge in [-0.05, 0) is 24.2 Å². The van der Waals surface area contributed by atoms with Gasteiger partial charge in [-0.3, -0.25) is 4.79 Å². The van der Waals surface area contributed by atoms with E-state index in [0.717, 1.165) is 24.6 Å². The van der Waals surface area contributed by atoms with Crippen LogP contribution in [0.5, 0.6) is 0 Å². The molecule has 0 atom stereocenters. The third-order valence-corrected chi connectivity index (χ3v) is 7.44. The fourth-order valence-corrected chi connectivity index (χ4v) is 3.92. The number of hydrogen-bond acceptors (Lipinski definition) is 3. The molecule has 0 saturated carbocycles. The quantitative estimate of drug-likeness (QED) is 0.284. The molecular weight excluding hydrogens is 220 g/mol. The predicted octanol–water partition coefficient (Wildman–Crippen LogP) is 3.48. The molecule has 0 fully saturated rings. The molecule has 0 aliphatic heterocycles. The van der Waals surface area contributed by atoms with Crippen molar-refractivity contribution in [2.75, 3.05) is 6.61 Å². The van der Waals surface area contributed by atoms with Crippen molar-refractivity contribution >= 4 is 14.3 Å². The van der Waals surface area contributed by atoms with Crippen LogP contribution in [0.3, 0.4) is 0 Å². The number of esters is 1. The van der Waals surface area contributed by atoms with Gasteiger partial charge in [-0.1, -0.05) is 20.8 Å². The molecule has 94 valence electrons. The Morgan fingerprint density at radius 2 is 1.75 bits per heavy atom. The zero-order valence-corrected chi connectivity index (χ0v) is 11.9. The van der Waals surface area contributed by atoms with Crippen LogP contribution in [0.1, 0.15) is 34.1 Å². The van der Waals surface area contributed by atoms with Gasteiger partial charge < -0.3 is 9.16 Å². The number of carbonyl (C=O) groups excluding carboxylic acids is 1. The molecule has 0 N–H and O–H groups in total. The van der Waals surface area contributed by atoms with Gasteiger partial charge in [-0.15, -0.1) is 0 Å². The van der Waals surface area contributed by atoms with Gasteiger partial charge in [0.05, 0.1) is 12.9 Å². The molecule has 0 bridgehead atoms. The Morgan fingerprint density at radius 1 is 1.19 bits per heavy atom. The second kappa shape index (κ2) is 8.39. The summed E-state index contributed by atoms with van der Waals surface area (Å²) >= 11 is 0. The van der Waals surface area contributed by atoms with Crippen LogP contribution in [0.25, 0.3) is 0 Å². The van der Waals surface area contributed by atoms with Crippen molar-refractivity contribution in [3.63, 3.8) is 0 Å². The van der Waals surface area contributed by atoms with Crippen LogP contribution in [0.15, 0.2) is 12.3 Å². The molecule has 0 amide bonds. The highest BCUT2D eigenvalue weighted by atomic mass is 28.4. The molecule has 0 spiro atoms. The van der Waals surface area contributed by atoms with Crippen molar-refractivity contribution < 1.29 is 14.0 Å². The second-order valence-corrected chi connectivity index (χ2v) is 8.59. The first-order valence-corrected chi connectivity index (χ1v) is 8.59. The summed E-state index contributed by atoms with van der Waals surface area (Å²) in [5.41, 5.74) is 0. The Balaban J connectivity index is 3.83. The smallest absolute Gasteiger partial charge is 0.302 e. The van der Waals surface area contributed by atoms with E-state index in [1.807, 2.05) is 6.08 Å². The van der Waals surface area contributed by atoms with Crippen LogP contribution in [-0.4, -0.2) is 20.9 Å². The van der Waals surface area contributed by atoms with E-state index in [1.165, 1.54) is 6.92 Å². The van der Waals surface area contributed by atoms with Crippen LogP contribution >= 0.6 is 0 Å². The highest BCUT2D eigenvalue weighted by Crippen LogP contribution is 2.21. The Kier molecular flexibility index (Phi) is 7.98. The van der Waals surface area contributed by atoms with Gasteiger partial charge >= 0.3 is 5.97 Å². The van der Waals surface area contributed by atoms with E-state index in [0.29, 0.717) is 6.61 Å². The summed E-state index contributed by atoms with van der Waals surface area (Å²) in [4.78, 5) is 10.5. The van der Waals surface area contributed by atoms with Gasteiger partial charge in [0.2, 0.25) is 8.32 Å². The van der Waals surface area contributed by atoms with Crippen molar-refractivity contribution in [2.24, 2.45) is 0 Å². The third-order valence-electron chi connectivity index (χ3n) is 2.94. The fraction of sp³-hybridized carbons (Fsp3) is 0.750. The molecule has 0 radical (unpaired) electrons. The van der Waals surface area contributed by atoms with Crippen LogP contribution in [-0.2, 0) is 14.0 Å². The van der Waals surface area contributed by atoms with Crippen molar-refractivity contribution in [1.29, 1.82) is 0 Å². The summed E-state index contributed by atoms with van der Waals surface area (Å²) in [5, 5.41) is 0. The van der Waals surface area contributed by atoms with E-state index < -0.39 is 8.32 Å². The lowest BCUT2D eigenvalue weighted by Crippen LogP contribution is -2.33. The molecule has 0 aromatic rings. The van der Waals surface area contributed by atoms with Crippen LogP contribution in [0.4, 0.5) is 0 Å². The van der Waals surface area contributed by atoms with E-state index in [2.05, 4.69) is 20.8 Å². The van der Waals surface area contributed by atoms with Gasteiger partial charge in [0.15, 0.2) is 0 Å². The summed E-state index contributed by atoms with van der Waals surface area (Å²) in [5.74, 6) is -0.228. The van der Waals surface area contributed by atoms with Crippen LogP contribution in [0.2, 0.25) is 18.1 Å². The molecule has 0 aromatic heterocycles. The monoisotopic (exact) mass is 244 g/mol. The maximum absolute atomic E-state index is 10.5. The third kappa shape index (κ3) is 5.95. The maximum atomic E-state index is 10.5. The largest absolute Gasteiger partial charge is 0.549 e. The predicted molar refractivity (Wildman–Crippen MR) is 68.7 cm³/mol. The Morgan fingerprint density at radius 3 is 2.19 bits per heavy atom. The normalized spacial score (nSPS) is 11.8. The minimum absolute atomic E-state index is 0.228. The lowest BCUT2D eigenvalue weighted by molar-refractivity contribution is -0.140. The first kappa shape index (κ1) is 15.2. The topological polar surface area (TPSA) is 35.5 Å². The highest BCUT2D eigenvalue weighted by Gasteiger charge is 2.28. The first-order chi connectivity index (χ1) is 7.60. The van der Waals surface area contributed by atoms with E-state index in [4.69, 9.17) is 9.16 Å². The lowest BCUT2D eigenvalue weighted by Gasteiger charge is -2.26. The van der Waals surface area contributed by atoms with Crippen LogP contribution in [0, 0.1) is 0 Å². The lowest BCUT2D eigenvalue weighted by atomic mass is 10.4. The van der Waals surface area contributed by atoms with Crippen molar-refractivity contribution in [3.8, 4) is 0 Å². The molecule has 0 aliphatic rings. The Bertz CT molecular complexity index is 214. The fourth-order valence-electron chi connectivity index (χ4n) is 1.53. The molecule has 0 rings (SSSR count). The number of carbonyl (C=O) groups is 1. The average molecular weight is 244 g/mol. The molecule has 0 saturated heterocycles. The van der Waals surface area contributed by atoms with E-state index in [9.17, 15) is 4.79 Å². The maximum Gasteiger partial charge on any atom is 0.302 e. The van der Waals surface area contributed by atoms with Gasteiger partial charge in [0.25, 0.3) is 0 Å². The van der Waals surface area contributed by atoms with Crippen molar-refractivity contribution in [1.82, 2.24) is 0 Å². The summed E-state index contributed by atoms with van der Waals surface area (Å²) in [6.45, 7) is 8.46. The van der Waals surface area contributed by atoms with Gasteiger partial charge in [-0.2, -0.15) is 0 Å². The summed E-state index contributed by atoms with van der Waals surface area (Å²) in [7, 11) is -1.49. The summed E-state index contributed by atoms with van der Waals surface area (Å²) < 4.78 is 10.7. The number of hydrogen-bond donors (Lipinski definition) is 0. The van der Waals surface area contributed by atoms with Gasteiger partial charge in [0.1, 0.15) is 0 Å². The molecular formula is C12H24O3Si. The van der Waals surface area contributed by atoms with Crippen molar-refractivity contribution in [3.05, 3.63) is 12.3 Å². The highest BCUT2D eigenvalue weighted by molar-refractivity contribution is 6.73. The second-order valence-electron chi connectivity index (χ2n) is 3.86. The number of ether oxygens (including phenoxy) is 1. The van der Waals surface area contributed by atoms with Gasteiger partial charge in [-0.25, -0.2) is 0 Å². The molecule has 0 heterocycles. The minimum Gasteiger partial charge on any atom is -0.549 e. The Hall–Kier alpha value is -0.773. The summed E-state index contributed by atoms with van der Waals surface area (Å²) in [6.07, 6.45) is 4.46. The van der Waals surface area contributed by atoms with E-state index in [-0.39, 0.29) is 5.97 Å². The molecule has 3 nitrogen and oxygen atoms in total. The SMILES string of the molecule is CC[Si](CC)(CC)O/C=C/CCOC(C)=O. The first-order valence-electron chi connectivity index (χ1n) is 6.06. The van der Waals surface area contributed by atoms with E-state index in [1.54, 1.807) is 6.26 Å². The zero-order chi connectivity index (χ0) is 12.4. The minimum atomic E-state index is -1.49. The zero-order valence-electron chi connectivity index (χ0n) is 10.9. The summed E-state index contributed by atoms with van der Waals surface area (Å²) in [6, 6.07) is 3.44.